The quantitative estimate of drug-likeness (QED) is 0.648. The maximum atomic E-state index is 14.2. The van der Waals surface area contributed by atoms with Gasteiger partial charge in [0.1, 0.15) is 11.4 Å². The average molecular weight is 466 g/mol. The Labute approximate surface area is 173 Å². The van der Waals surface area contributed by atoms with Crippen molar-refractivity contribution in [3.05, 3.63) is 39.7 Å². The van der Waals surface area contributed by atoms with Gasteiger partial charge < -0.3 is 20.5 Å². The Bertz CT molecular complexity index is 1000. The van der Waals surface area contributed by atoms with Crippen LogP contribution in [0, 0.1) is 23.1 Å². The number of hydrogen-bond donors (Lipinski definition) is 2. The van der Waals surface area contributed by atoms with Crippen LogP contribution in [0.4, 0.5) is 15.9 Å². The first kappa shape index (κ1) is 20.8. The van der Waals surface area contributed by atoms with Crippen LogP contribution < -0.4 is 11.1 Å². The summed E-state index contributed by atoms with van der Waals surface area (Å²) in [6.07, 6.45) is 1.96. The number of primary amides is 1. The van der Waals surface area contributed by atoms with Gasteiger partial charge >= 0.3 is 5.97 Å². The second kappa shape index (κ2) is 8.59. The van der Waals surface area contributed by atoms with Crippen LogP contribution in [0.3, 0.4) is 0 Å². The minimum Gasteiger partial charge on any atom is -0.465 e. The molecule has 1 saturated heterocycles. The molecule has 2 heterocycles. The highest BCUT2D eigenvalue weighted by molar-refractivity contribution is 9.10. The molecule has 3 rings (SSSR count). The number of amides is 1. The van der Waals surface area contributed by atoms with Gasteiger partial charge in [-0.05, 0) is 34.5 Å². The lowest BCUT2D eigenvalue weighted by Crippen LogP contribution is -2.29. The fraction of sp³-hybridized carbons (Fsp3) is 0.333. The lowest BCUT2D eigenvalue weighted by atomic mass is 9.97. The summed E-state index contributed by atoms with van der Waals surface area (Å²) < 4.78 is 25.7. The van der Waals surface area contributed by atoms with Gasteiger partial charge in [0.25, 0.3) is 5.91 Å². The van der Waals surface area contributed by atoms with E-state index in [2.05, 4.69) is 37.2 Å². The predicted octanol–water partition coefficient (Wildman–Crippen LogP) is 2.51. The molecule has 0 radical (unpaired) electrons. The van der Waals surface area contributed by atoms with Crippen LogP contribution in [0.25, 0.3) is 0 Å². The Hall–Kier alpha value is -2.97. The van der Waals surface area contributed by atoms with Gasteiger partial charge in [0, 0.05) is 18.5 Å². The smallest absolute Gasteiger partial charge is 0.339 e. The Kier molecular flexibility index (Phi) is 6.14. The molecule has 29 heavy (non-hydrogen) atoms. The number of nitrogens with one attached hydrogen (secondary N) is 1. The molecule has 2 aromatic rings. The molecule has 0 spiro atoms. The molecule has 1 aromatic carbocycles. The molecule has 0 aliphatic carbocycles. The number of anilines is 2. The van der Waals surface area contributed by atoms with Gasteiger partial charge in [-0.1, -0.05) is 0 Å². The zero-order valence-electron chi connectivity index (χ0n) is 15.3. The fourth-order valence-electron chi connectivity index (χ4n) is 3.02. The minimum atomic E-state index is -0.755. The van der Waals surface area contributed by atoms with Crippen LogP contribution in [0.15, 0.2) is 22.8 Å². The molecule has 1 amide bonds. The van der Waals surface area contributed by atoms with Gasteiger partial charge in [-0.2, -0.15) is 10.4 Å². The molecule has 1 aliphatic rings. The highest BCUT2D eigenvalue weighted by Crippen LogP contribution is 2.31. The predicted molar refractivity (Wildman–Crippen MR) is 103 cm³/mol. The lowest BCUT2D eigenvalue weighted by Gasteiger charge is -2.26. The van der Waals surface area contributed by atoms with Crippen molar-refractivity contribution in [2.24, 2.45) is 11.7 Å². The van der Waals surface area contributed by atoms with E-state index < -0.39 is 23.7 Å². The number of ether oxygens (including phenoxy) is 2. The van der Waals surface area contributed by atoms with Crippen LogP contribution in [0.5, 0.6) is 0 Å². The van der Waals surface area contributed by atoms with Crippen LogP contribution in [-0.2, 0) is 9.47 Å². The molecular formula is C18H17BrFN5O4. The third-order valence-electron chi connectivity index (χ3n) is 4.53. The first-order valence-corrected chi connectivity index (χ1v) is 9.35. The number of aromatic nitrogens is 2. The number of methoxy groups -OCH3 is 1. The largest absolute Gasteiger partial charge is 0.465 e. The lowest BCUT2D eigenvalue weighted by molar-refractivity contribution is 0.0342. The normalized spacial score (nSPS) is 18.7. The Balaban J connectivity index is 1.98. The number of benzene rings is 1. The summed E-state index contributed by atoms with van der Waals surface area (Å²) in [5, 5.41) is 16.5. The second-order valence-corrected chi connectivity index (χ2v) is 7.13. The minimum absolute atomic E-state index is 0.0414. The number of esters is 1. The molecule has 1 aromatic heterocycles. The summed E-state index contributed by atoms with van der Waals surface area (Å²) in [7, 11) is 1.18. The van der Waals surface area contributed by atoms with Crippen LogP contribution in [0.2, 0.25) is 0 Å². The molecule has 1 unspecified atom stereocenters. The van der Waals surface area contributed by atoms with Gasteiger partial charge in [-0.15, -0.1) is 0 Å². The van der Waals surface area contributed by atoms with Crippen molar-refractivity contribution < 1.29 is 23.5 Å². The van der Waals surface area contributed by atoms with E-state index in [-0.39, 0.29) is 39.6 Å². The van der Waals surface area contributed by atoms with E-state index in [1.54, 1.807) is 0 Å². The number of nitriles is 1. The van der Waals surface area contributed by atoms with Crippen molar-refractivity contribution in [3.63, 3.8) is 0 Å². The van der Waals surface area contributed by atoms with Crippen molar-refractivity contribution in [1.82, 2.24) is 9.78 Å². The molecule has 2 atom stereocenters. The molecule has 11 heteroatoms. The maximum Gasteiger partial charge on any atom is 0.339 e. The maximum absolute atomic E-state index is 14.2. The fourth-order valence-corrected chi connectivity index (χ4v) is 3.42. The van der Waals surface area contributed by atoms with Gasteiger partial charge in [-0.25, -0.2) is 9.18 Å². The number of carbonyl (C=O) groups excluding carboxylic acids is 2. The highest BCUT2D eigenvalue weighted by Gasteiger charge is 2.29. The zero-order chi connectivity index (χ0) is 21.1. The van der Waals surface area contributed by atoms with E-state index in [0.717, 1.165) is 6.07 Å². The van der Waals surface area contributed by atoms with Crippen molar-refractivity contribution in [2.75, 3.05) is 25.6 Å². The molecule has 0 bridgehead atoms. The summed E-state index contributed by atoms with van der Waals surface area (Å²) in [4.78, 5) is 23.7. The molecule has 1 fully saturated rings. The van der Waals surface area contributed by atoms with E-state index in [0.29, 0.717) is 13.0 Å². The standard InChI is InChI=1S/C18H17BrFN5O4/c1-28-18(27)11-4-10(5-13(20)15(11)19)23-17-12(16(22)26)7-25(24-17)14-8-29-3-2-9(14)6-21/h4-5,7,9,14H,2-3,8H2,1H3,(H2,22,26)(H,23,24)/t9?,14-/m0/s1. The summed E-state index contributed by atoms with van der Waals surface area (Å²) in [5.41, 5.74) is 5.62. The monoisotopic (exact) mass is 465 g/mol. The average Bonchev–Trinajstić information content (AvgIpc) is 3.13. The highest BCUT2D eigenvalue weighted by atomic mass is 79.9. The Morgan fingerprint density at radius 1 is 1.48 bits per heavy atom. The van der Waals surface area contributed by atoms with E-state index >= 15 is 0 Å². The number of halogens is 2. The first-order valence-electron chi connectivity index (χ1n) is 8.56. The van der Waals surface area contributed by atoms with Crippen LogP contribution in [0.1, 0.15) is 33.2 Å². The van der Waals surface area contributed by atoms with Gasteiger partial charge in [0.15, 0.2) is 5.82 Å². The topological polar surface area (TPSA) is 132 Å². The molecule has 0 saturated carbocycles. The summed E-state index contributed by atoms with van der Waals surface area (Å²) in [6.45, 7) is 0.731. The molecular weight excluding hydrogens is 449 g/mol. The van der Waals surface area contributed by atoms with Gasteiger partial charge in [-0.3, -0.25) is 9.48 Å². The van der Waals surface area contributed by atoms with E-state index in [1.807, 2.05) is 0 Å². The second-order valence-electron chi connectivity index (χ2n) is 6.34. The third-order valence-corrected chi connectivity index (χ3v) is 5.33. The Morgan fingerprint density at radius 3 is 2.90 bits per heavy atom. The van der Waals surface area contributed by atoms with Crippen LogP contribution in [-0.4, -0.2) is 42.0 Å². The number of nitrogens with zero attached hydrogens (tertiary/aromatic N) is 3. The van der Waals surface area contributed by atoms with Crippen molar-refractivity contribution in [2.45, 2.75) is 12.5 Å². The van der Waals surface area contributed by atoms with Crippen LogP contribution >= 0.6 is 15.9 Å². The number of carbonyl (C=O) groups is 2. The molecule has 152 valence electrons. The molecule has 9 nitrogen and oxygen atoms in total. The SMILES string of the molecule is COC(=O)c1cc(Nc2nn([C@H]3COCCC3C#N)cc2C(N)=O)cc(F)c1Br. The molecule has 3 N–H and O–H groups in total. The summed E-state index contributed by atoms with van der Waals surface area (Å²) in [5.74, 6) is -2.47. The van der Waals surface area contributed by atoms with Crippen molar-refractivity contribution in [1.29, 1.82) is 5.26 Å². The van der Waals surface area contributed by atoms with Gasteiger partial charge in [0.2, 0.25) is 0 Å². The van der Waals surface area contributed by atoms with E-state index in [4.69, 9.17) is 10.5 Å². The van der Waals surface area contributed by atoms with Gasteiger partial charge in [0.05, 0.1) is 41.8 Å². The van der Waals surface area contributed by atoms with E-state index in [1.165, 1.54) is 24.1 Å². The summed E-state index contributed by atoms with van der Waals surface area (Å²) >= 11 is 3.01. The summed E-state index contributed by atoms with van der Waals surface area (Å²) in [6, 6.07) is 4.30. The first-order chi connectivity index (χ1) is 13.8. The van der Waals surface area contributed by atoms with E-state index in [9.17, 15) is 19.2 Å². The van der Waals surface area contributed by atoms with Crippen molar-refractivity contribution >= 4 is 39.3 Å². The number of rotatable bonds is 5. The Morgan fingerprint density at radius 2 is 2.24 bits per heavy atom. The number of nitrogens with two attached hydrogens (primary N) is 1. The third kappa shape index (κ3) is 4.23. The van der Waals surface area contributed by atoms with Crippen molar-refractivity contribution in [3.8, 4) is 6.07 Å². The zero-order valence-corrected chi connectivity index (χ0v) is 16.9. The molecule has 1 aliphatic heterocycles. The number of hydrogen-bond acceptors (Lipinski definition) is 7.